The molecular weight excluding hydrogens is 371 g/mol. The number of rotatable bonds is 5. The van der Waals surface area contributed by atoms with Crippen LogP contribution < -0.4 is 5.32 Å². The fourth-order valence-electron chi connectivity index (χ4n) is 1.96. The quantitative estimate of drug-likeness (QED) is 0.632. The summed E-state index contributed by atoms with van der Waals surface area (Å²) in [6.07, 6.45) is 0. The number of carbonyl (C=O) groups excluding carboxylic acids is 1. The number of nitrogens with zero attached hydrogens (tertiary/aromatic N) is 3. The molecule has 0 spiro atoms. The maximum absolute atomic E-state index is 13.7. The van der Waals surface area contributed by atoms with E-state index in [4.69, 9.17) is 0 Å². The van der Waals surface area contributed by atoms with Crippen LogP contribution in [0.1, 0.15) is 12.6 Å². The zero-order valence-corrected chi connectivity index (χ0v) is 14.0. The van der Waals surface area contributed by atoms with Crippen molar-refractivity contribution in [2.75, 3.05) is 5.32 Å². The molecule has 0 aliphatic heterocycles. The summed E-state index contributed by atoms with van der Waals surface area (Å²) in [6, 6.07) is 5.65. The van der Waals surface area contributed by atoms with Crippen molar-refractivity contribution in [2.45, 2.75) is 20.4 Å². The first-order valence-corrected chi connectivity index (χ1v) is 7.52. The van der Waals surface area contributed by atoms with Crippen molar-refractivity contribution >= 4 is 33.3 Å². The van der Waals surface area contributed by atoms with Crippen molar-refractivity contribution < 1.29 is 14.1 Å². The smallest absolute Gasteiger partial charge is 0.358 e. The third-order valence-corrected chi connectivity index (χ3v) is 3.73. The van der Waals surface area contributed by atoms with E-state index in [1.807, 2.05) is 0 Å². The molecule has 0 bridgehead atoms. The number of aromatic nitrogens is 2. The van der Waals surface area contributed by atoms with Crippen LogP contribution in [0.15, 0.2) is 28.7 Å². The second-order valence-corrected chi connectivity index (χ2v) is 6.01. The highest BCUT2D eigenvalue weighted by Gasteiger charge is 2.21. The lowest BCUT2D eigenvalue weighted by molar-refractivity contribution is -0.389. The van der Waals surface area contributed by atoms with E-state index in [-0.39, 0.29) is 18.1 Å². The predicted octanol–water partition coefficient (Wildman–Crippen LogP) is 3.28. The van der Waals surface area contributed by atoms with Gasteiger partial charge in [0.1, 0.15) is 5.82 Å². The number of hydrogen-bond donors (Lipinski definition) is 1. The van der Waals surface area contributed by atoms with Crippen LogP contribution in [0.4, 0.5) is 15.9 Å². The zero-order valence-electron chi connectivity index (χ0n) is 12.4. The number of anilines is 1. The minimum atomic E-state index is -0.592. The van der Waals surface area contributed by atoms with Gasteiger partial charge in [0, 0.05) is 4.47 Å². The summed E-state index contributed by atoms with van der Waals surface area (Å²) in [7, 11) is 0. The van der Waals surface area contributed by atoms with Crippen LogP contribution >= 0.6 is 15.9 Å². The Labute approximate surface area is 139 Å². The van der Waals surface area contributed by atoms with E-state index in [0.717, 1.165) is 0 Å². The van der Waals surface area contributed by atoms with Crippen LogP contribution in [0.5, 0.6) is 0 Å². The van der Waals surface area contributed by atoms with Crippen LogP contribution in [0.3, 0.4) is 0 Å². The van der Waals surface area contributed by atoms with E-state index in [2.05, 4.69) is 26.3 Å². The first-order chi connectivity index (χ1) is 10.8. The van der Waals surface area contributed by atoms with E-state index < -0.39 is 22.6 Å². The Morgan fingerprint density at radius 2 is 2.22 bits per heavy atom. The fourth-order valence-corrected chi connectivity index (χ4v) is 2.29. The Kier molecular flexibility index (Phi) is 5.09. The monoisotopic (exact) mass is 384 g/mol. The maximum atomic E-state index is 13.7. The summed E-state index contributed by atoms with van der Waals surface area (Å²) in [5.74, 6) is -1.76. The highest BCUT2D eigenvalue weighted by atomic mass is 79.9. The molecule has 1 heterocycles. The third kappa shape index (κ3) is 4.13. The molecule has 23 heavy (non-hydrogen) atoms. The van der Waals surface area contributed by atoms with Crippen molar-refractivity contribution in [3.63, 3.8) is 0 Å². The molecule has 2 rings (SSSR count). The van der Waals surface area contributed by atoms with Gasteiger partial charge in [-0.25, -0.2) is 4.39 Å². The molecule has 9 heteroatoms. The van der Waals surface area contributed by atoms with Crippen molar-refractivity contribution in [3.8, 4) is 0 Å². The van der Waals surface area contributed by atoms with Gasteiger partial charge in [-0.15, -0.1) is 0 Å². The minimum Gasteiger partial charge on any atom is -0.358 e. The molecule has 0 unspecified atom stereocenters. The van der Waals surface area contributed by atoms with Crippen LogP contribution in [0, 0.1) is 28.8 Å². The lowest BCUT2D eigenvalue weighted by atomic mass is 10.1. The summed E-state index contributed by atoms with van der Waals surface area (Å²) in [5.41, 5.74) is 0.652. The molecule has 1 aromatic carbocycles. The third-order valence-electron chi connectivity index (χ3n) is 3.24. The number of hydrogen-bond acceptors (Lipinski definition) is 4. The van der Waals surface area contributed by atoms with Crippen molar-refractivity contribution in [1.82, 2.24) is 9.78 Å². The molecule has 2 aromatic rings. The molecule has 122 valence electrons. The highest BCUT2D eigenvalue weighted by Crippen LogP contribution is 2.20. The number of halogens is 2. The van der Waals surface area contributed by atoms with E-state index in [9.17, 15) is 19.3 Å². The van der Waals surface area contributed by atoms with Crippen molar-refractivity contribution in [1.29, 1.82) is 0 Å². The second kappa shape index (κ2) is 6.86. The van der Waals surface area contributed by atoms with E-state index in [1.165, 1.54) is 22.9 Å². The lowest BCUT2D eigenvalue weighted by Gasteiger charge is -2.12. The van der Waals surface area contributed by atoms with Crippen LogP contribution in [0.2, 0.25) is 0 Å². The molecule has 0 aliphatic rings. The van der Waals surface area contributed by atoms with Gasteiger partial charge in [0.25, 0.3) is 0 Å². The van der Waals surface area contributed by atoms with Gasteiger partial charge in [0.05, 0.1) is 35.0 Å². The largest absolute Gasteiger partial charge is 0.390 e. The molecule has 0 radical (unpaired) electrons. The summed E-state index contributed by atoms with van der Waals surface area (Å²) >= 11 is 3.14. The second-order valence-electron chi connectivity index (χ2n) is 5.10. The molecule has 7 nitrogen and oxygen atoms in total. The van der Waals surface area contributed by atoms with Gasteiger partial charge in [-0.1, -0.05) is 22.9 Å². The number of nitro groups is 1. The van der Waals surface area contributed by atoms with Crippen LogP contribution in [0.25, 0.3) is 0 Å². The maximum Gasteiger partial charge on any atom is 0.390 e. The van der Waals surface area contributed by atoms with Gasteiger partial charge in [0.15, 0.2) is 0 Å². The predicted molar refractivity (Wildman–Crippen MR) is 85.5 cm³/mol. The summed E-state index contributed by atoms with van der Waals surface area (Å²) in [6.45, 7) is 3.46. The Morgan fingerprint density at radius 3 is 2.78 bits per heavy atom. The minimum absolute atomic E-state index is 0.0771. The highest BCUT2D eigenvalue weighted by molar-refractivity contribution is 9.10. The van der Waals surface area contributed by atoms with Gasteiger partial charge in [-0.3, -0.25) is 4.79 Å². The lowest BCUT2D eigenvalue weighted by Crippen LogP contribution is -2.25. The first-order valence-electron chi connectivity index (χ1n) is 6.72. The standard InChI is InChI=1S/C14H14BrFN4O3/c1-8(7-19-9(2)5-13(18-19)20(22)23)14(21)17-12-4-3-10(15)6-11(12)16/h3-6,8H,7H2,1-2H3,(H,17,21)/t8-/m0/s1. The molecular formula is C14H14BrFN4O3. The number of amides is 1. The summed E-state index contributed by atoms with van der Waals surface area (Å²) in [4.78, 5) is 22.2. The number of nitrogens with one attached hydrogen (secondary N) is 1. The van der Waals surface area contributed by atoms with E-state index >= 15 is 0 Å². The van der Waals surface area contributed by atoms with E-state index in [0.29, 0.717) is 10.2 Å². The topological polar surface area (TPSA) is 90.1 Å². The molecule has 0 fully saturated rings. The number of carbonyl (C=O) groups is 1. The summed E-state index contributed by atoms with van der Waals surface area (Å²) < 4.78 is 15.7. The molecule has 1 amide bonds. The normalized spacial score (nSPS) is 12.0. The Morgan fingerprint density at radius 1 is 1.52 bits per heavy atom. The van der Waals surface area contributed by atoms with Gasteiger partial charge < -0.3 is 15.4 Å². The van der Waals surface area contributed by atoms with Crippen LogP contribution in [-0.2, 0) is 11.3 Å². The SMILES string of the molecule is Cc1cc([N+](=O)[O-])nn1C[C@H](C)C(=O)Nc1ccc(Br)cc1F. The number of benzene rings is 1. The Balaban J connectivity index is 2.06. The Bertz CT molecular complexity index is 762. The van der Waals surface area contributed by atoms with Gasteiger partial charge in [0.2, 0.25) is 5.91 Å². The van der Waals surface area contributed by atoms with Crippen molar-refractivity contribution in [3.05, 3.63) is 50.4 Å². The molecule has 1 aromatic heterocycles. The average Bonchev–Trinajstić information content (AvgIpc) is 2.83. The molecule has 0 saturated carbocycles. The fraction of sp³-hybridized carbons (Fsp3) is 0.286. The molecule has 1 N–H and O–H groups in total. The molecule has 0 aliphatic carbocycles. The molecule has 0 saturated heterocycles. The Hall–Kier alpha value is -2.29. The van der Waals surface area contributed by atoms with Crippen molar-refractivity contribution in [2.24, 2.45) is 5.92 Å². The van der Waals surface area contributed by atoms with E-state index in [1.54, 1.807) is 19.9 Å². The van der Waals surface area contributed by atoms with Crippen LogP contribution in [-0.4, -0.2) is 20.6 Å². The number of aryl methyl sites for hydroxylation is 1. The molecule has 1 atom stereocenters. The zero-order chi connectivity index (χ0) is 17.1. The van der Waals surface area contributed by atoms with Gasteiger partial charge in [-0.05, 0) is 30.0 Å². The summed E-state index contributed by atoms with van der Waals surface area (Å²) in [5, 5.41) is 17.0. The average molecular weight is 385 g/mol. The van der Waals surface area contributed by atoms with Gasteiger partial charge in [-0.2, -0.15) is 4.68 Å². The van der Waals surface area contributed by atoms with Gasteiger partial charge >= 0.3 is 5.82 Å². The first kappa shape index (κ1) is 17.1.